The first-order chi connectivity index (χ1) is 13.6. The molecule has 4 rings (SSSR count). The lowest BCUT2D eigenvalue weighted by Crippen LogP contribution is -2.37. The first-order valence-corrected chi connectivity index (χ1v) is 10.9. The van der Waals surface area contributed by atoms with Crippen LogP contribution in [0.25, 0.3) is 11.3 Å². The van der Waals surface area contributed by atoms with E-state index in [-0.39, 0.29) is 12.0 Å². The number of thiazole rings is 1. The fraction of sp³-hybridized carbons (Fsp3) is 0.250. The largest absolute Gasteiger partial charge is 0.376 e. The Morgan fingerprint density at radius 2 is 2.11 bits per heavy atom. The van der Waals surface area contributed by atoms with E-state index >= 15 is 0 Å². The molecule has 144 valence electrons. The minimum absolute atomic E-state index is 0.0178. The van der Waals surface area contributed by atoms with Gasteiger partial charge in [0.2, 0.25) is 0 Å². The van der Waals surface area contributed by atoms with Gasteiger partial charge < -0.3 is 4.74 Å². The number of hydrogen-bond donors (Lipinski definition) is 0. The molecule has 0 saturated carbocycles. The molecule has 0 N–H and O–H groups in total. The Labute approximate surface area is 180 Å². The molecule has 3 heterocycles. The van der Waals surface area contributed by atoms with Crippen LogP contribution >= 0.6 is 38.9 Å². The van der Waals surface area contributed by atoms with Crippen LogP contribution in [0, 0.1) is 0 Å². The number of ether oxygens (including phenoxy) is 1. The molecule has 1 fully saturated rings. The number of aromatic nitrogens is 2. The summed E-state index contributed by atoms with van der Waals surface area (Å²) in [6.45, 7) is 1.20. The van der Waals surface area contributed by atoms with Crippen molar-refractivity contribution in [2.75, 3.05) is 18.1 Å². The molecule has 1 aromatic carbocycles. The second-order valence-electron chi connectivity index (χ2n) is 6.44. The molecule has 1 atom stereocenters. The average Bonchev–Trinajstić information content (AvgIpc) is 3.39. The SMILES string of the molecule is O=C(c1ccc(Cl)nc1)N(CC1CCCO1)c1nc(-c2ccc(Br)cc2)cs1. The Bertz CT molecular complexity index is 956. The third kappa shape index (κ3) is 4.43. The van der Waals surface area contributed by atoms with Crippen molar-refractivity contribution in [3.8, 4) is 11.3 Å². The summed E-state index contributed by atoms with van der Waals surface area (Å²) in [5.74, 6) is -0.156. The van der Waals surface area contributed by atoms with Crippen LogP contribution < -0.4 is 4.90 Å². The van der Waals surface area contributed by atoms with E-state index in [0.29, 0.717) is 22.4 Å². The molecule has 1 saturated heterocycles. The third-order valence-electron chi connectivity index (χ3n) is 4.49. The van der Waals surface area contributed by atoms with Crippen LogP contribution in [0.2, 0.25) is 5.15 Å². The molecule has 2 aromatic heterocycles. The van der Waals surface area contributed by atoms with Crippen molar-refractivity contribution in [3.05, 3.63) is 63.2 Å². The lowest BCUT2D eigenvalue weighted by Gasteiger charge is -2.23. The third-order valence-corrected chi connectivity index (χ3v) is 6.11. The van der Waals surface area contributed by atoms with Gasteiger partial charge in [-0.25, -0.2) is 9.97 Å². The van der Waals surface area contributed by atoms with Crippen LogP contribution in [0.15, 0.2) is 52.4 Å². The lowest BCUT2D eigenvalue weighted by atomic mass is 10.2. The van der Waals surface area contributed by atoms with E-state index < -0.39 is 0 Å². The standard InChI is InChI=1S/C20H17BrClN3O2S/c21-15-6-3-13(4-7-15)17-12-28-20(24-17)25(11-16-2-1-9-27-16)19(26)14-5-8-18(22)23-10-14/h3-8,10,12,16H,1-2,9,11H2. The van der Waals surface area contributed by atoms with Crippen LogP contribution in [0.1, 0.15) is 23.2 Å². The van der Waals surface area contributed by atoms with Crippen LogP contribution in [-0.2, 0) is 4.74 Å². The summed E-state index contributed by atoms with van der Waals surface area (Å²) < 4.78 is 6.77. The fourth-order valence-electron chi connectivity index (χ4n) is 3.04. The predicted molar refractivity (Wildman–Crippen MR) is 115 cm³/mol. The van der Waals surface area contributed by atoms with E-state index in [1.165, 1.54) is 17.5 Å². The number of carbonyl (C=O) groups excluding carboxylic acids is 1. The Kier molecular flexibility index (Phi) is 6.06. The van der Waals surface area contributed by atoms with Crippen molar-refractivity contribution in [3.63, 3.8) is 0 Å². The molecule has 0 radical (unpaired) electrons. The summed E-state index contributed by atoms with van der Waals surface area (Å²) in [6.07, 6.45) is 3.46. The molecule has 3 aromatic rings. The van der Waals surface area contributed by atoms with Gasteiger partial charge in [0, 0.05) is 28.2 Å². The number of benzene rings is 1. The van der Waals surface area contributed by atoms with E-state index in [0.717, 1.165) is 35.2 Å². The molecular weight excluding hydrogens is 462 g/mol. The Morgan fingerprint density at radius 3 is 2.79 bits per heavy atom. The number of hydrogen-bond acceptors (Lipinski definition) is 5. The molecule has 1 aliphatic heterocycles. The summed E-state index contributed by atoms with van der Waals surface area (Å²) in [5, 5.41) is 2.97. The van der Waals surface area contributed by atoms with Crippen molar-refractivity contribution < 1.29 is 9.53 Å². The zero-order valence-electron chi connectivity index (χ0n) is 14.8. The molecule has 1 unspecified atom stereocenters. The zero-order chi connectivity index (χ0) is 19.5. The normalized spacial score (nSPS) is 16.3. The number of anilines is 1. The van der Waals surface area contributed by atoms with Crippen LogP contribution in [-0.4, -0.2) is 35.1 Å². The van der Waals surface area contributed by atoms with Gasteiger partial charge in [0.1, 0.15) is 5.15 Å². The van der Waals surface area contributed by atoms with Crippen molar-refractivity contribution in [1.82, 2.24) is 9.97 Å². The van der Waals surface area contributed by atoms with Gasteiger partial charge in [-0.05, 0) is 37.1 Å². The van der Waals surface area contributed by atoms with Gasteiger partial charge in [-0.15, -0.1) is 11.3 Å². The van der Waals surface area contributed by atoms with E-state index in [2.05, 4.69) is 20.9 Å². The predicted octanol–water partition coefficient (Wildman–Crippen LogP) is 5.45. The van der Waals surface area contributed by atoms with Crippen molar-refractivity contribution in [1.29, 1.82) is 0 Å². The number of pyridine rings is 1. The molecule has 1 aliphatic rings. The molecule has 1 amide bonds. The van der Waals surface area contributed by atoms with Gasteiger partial charge in [-0.2, -0.15) is 0 Å². The van der Waals surface area contributed by atoms with Crippen molar-refractivity contribution in [2.24, 2.45) is 0 Å². The summed E-state index contributed by atoms with van der Waals surface area (Å²) >= 11 is 10.8. The Morgan fingerprint density at radius 1 is 1.29 bits per heavy atom. The van der Waals surface area contributed by atoms with Crippen LogP contribution in [0.4, 0.5) is 5.13 Å². The van der Waals surface area contributed by atoms with Crippen LogP contribution in [0.3, 0.4) is 0 Å². The average molecular weight is 479 g/mol. The minimum atomic E-state index is -0.156. The molecule has 8 heteroatoms. The number of amides is 1. The molecular formula is C20H17BrClN3O2S. The minimum Gasteiger partial charge on any atom is -0.376 e. The Hall–Kier alpha value is -1.80. The van der Waals surface area contributed by atoms with Crippen LogP contribution in [0.5, 0.6) is 0 Å². The summed E-state index contributed by atoms with van der Waals surface area (Å²) in [4.78, 5) is 23.6. The first kappa shape index (κ1) is 19.5. The summed E-state index contributed by atoms with van der Waals surface area (Å²) in [6, 6.07) is 11.3. The number of nitrogens with zero attached hydrogens (tertiary/aromatic N) is 3. The second-order valence-corrected chi connectivity index (χ2v) is 8.58. The molecule has 0 spiro atoms. The highest BCUT2D eigenvalue weighted by molar-refractivity contribution is 9.10. The monoisotopic (exact) mass is 477 g/mol. The van der Waals surface area contributed by atoms with Gasteiger partial charge >= 0.3 is 0 Å². The van der Waals surface area contributed by atoms with Gasteiger partial charge in [-0.1, -0.05) is 39.7 Å². The quantitative estimate of drug-likeness (QED) is 0.458. The van der Waals surface area contributed by atoms with E-state index in [1.54, 1.807) is 17.0 Å². The van der Waals surface area contributed by atoms with Gasteiger partial charge in [0.25, 0.3) is 5.91 Å². The maximum absolute atomic E-state index is 13.2. The zero-order valence-corrected chi connectivity index (χ0v) is 18.0. The topological polar surface area (TPSA) is 55.3 Å². The second kappa shape index (κ2) is 8.69. The van der Waals surface area contributed by atoms with E-state index in [4.69, 9.17) is 21.3 Å². The maximum Gasteiger partial charge on any atom is 0.261 e. The Balaban J connectivity index is 1.64. The van der Waals surface area contributed by atoms with Gasteiger partial charge in [-0.3, -0.25) is 9.69 Å². The molecule has 28 heavy (non-hydrogen) atoms. The highest BCUT2D eigenvalue weighted by Crippen LogP contribution is 2.30. The number of carbonyl (C=O) groups is 1. The maximum atomic E-state index is 13.2. The van der Waals surface area contributed by atoms with E-state index in [9.17, 15) is 4.79 Å². The van der Waals surface area contributed by atoms with E-state index in [1.807, 2.05) is 29.6 Å². The molecule has 5 nitrogen and oxygen atoms in total. The smallest absolute Gasteiger partial charge is 0.261 e. The van der Waals surface area contributed by atoms with Crippen molar-refractivity contribution in [2.45, 2.75) is 18.9 Å². The lowest BCUT2D eigenvalue weighted by molar-refractivity contribution is 0.0917. The summed E-state index contributed by atoms with van der Waals surface area (Å²) in [5.41, 5.74) is 2.32. The number of halogens is 2. The highest BCUT2D eigenvalue weighted by atomic mass is 79.9. The highest BCUT2D eigenvalue weighted by Gasteiger charge is 2.27. The molecule has 0 bridgehead atoms. The number of rotatable bonds is 5. The summed E-state index contributed by atoms with van der Waals surface area (Å²) in [7, 11) is 0. The van der Waals surface area contributed by atoms with Gasteiger partial charge in [0.15, 0.2) is 5.13 Å². The fourth-order valence-corrected chi connectivity index (χ4v) is 4.26. The van der Waals surface area contributed by atoms with Crippen molar-refractivity contribution >= 4 is 49.9 Å². The molecule has 0 aliphatic carbocycles. The first-order valence-electron chi connectivity index (χ1n) is 8.86. The van der Waals surface area contributed by atoms with Gasteiger partial charge in [0.05, 0.1) is 23.9 Å².